The van der Waals surface area contributed by atoms with Gasteiger partial charge in [0.2, 0.25) is 0 Å². The van der Waals surface area contributed by atoms with Gasteiger partial charge in [-0.3, -0.25) is 0 Å². The fourth-order valence-corrected chi connectivity index (χ4v) is 11.5. The van der Waals surface area contributed by atoms with E-state index in [1.54, 1.807) is 34.8 Å². The number of rotatable bonds is 3. The Morgan fingerprint density at radius 1 is 0.429 bits per heavy atom. The van der Waals surface area contributed by atoms with Crippen LogP contribution in [0.3, 0.4) is 0 Å². The van der Waals surface area contributed by atoms with Crippen LogP contribution in [0, 0.1) is 23.0 Å². The summed E-state index contributed by atoms with van der Waals surface area (Å²) in [5.74, 6) is -1.37. The number of hydrogen-bond acceptors (Lipinski definition) is 3. The van der Waals surface area contributed by atoms with Crippen LogP contribution < -0.4 is 0 Å². The molecule has 8 aromatic carbocycles. The van der Waals surface area contributed by atoms with E-state index in [2.05, 4.69) is 100 Å². The van der Waals surface area contributed by atoms with Crippen molar-refractivity contribution in [2.75, 3.05) is 0 Å². The van der Waals surface area contributed by atoms with E-state index in [4.69, 9.17) is 0 Å². The van der Waals surface area contributed by atoms with Crippen molar-refractivity contribution in [2.24, 2.45) is 0 Å². The van der Waals surface area contributed by atoms with Gasteiger partial charge in [-0.15, -0.1) is 22.7 Å². The third-order valence-electron chi connectivity index (χ3n) is 11.3. The van der Waals surface area contributed by atoms with Gasteiger partial charge < -0.3 is 9.13 Å². The molecule has 4 aromatic heterocycles. The lowest BCUT2D eigenvalue weighted by atomic mass is 9.97. The molecule has 7 heteroatoms. The molecule has 0 aliphatic carbocycles. The maximum atomic E-state index is 16.7. The summed E-state index contributed by atoms with van der Waals surface area (Å²) in [7, 11) is 0. The summed E-state index contributed by atoms with van der Waals surface area (Å²) in [6, 6.07) is 51.8. The number of nitriles is 1. The van der Waals surface area contributed by atoms with E-state index in [1.165, 1.54) is 18.2 Å². The van der Waals surface area contributed by atoms with Crippen molar-refractivity contribution in [1.82, 2.24) is 9.13 Å². The second-order valence-electron chi connectivity index (χ2n) is 14.2. The molecule has 3 nitrogen and oxygen atoms in total. The normalized spacial score (nSPS) is 12.1. The fraction of sp³-hybridized carbons (Fsp3) is 0. The highest BCUT2D eigenvalue weighted by molar-refractivity contribution is 7.27. The highest BCUT2D eigenvalue weighted by Gasteiger charge is 2.28. The number of aromatic nitrogens is 2. The molecule has 0 saturated carbocycles. The van der Waals surface area contributed by atoms with Crippen LogP contribution >= 0.6 is 22.7 Å². The molecule has 0 fully saturated rings. The van der Waals surface area contributed by atoms with Gasteiger partial charge >= 0.3 is 0 Å². The first-order valence-electron chi connectivity index (χ1n) is 18.3. The van der Waals surface area contributed by atoms with Gasteiger partial charge in [0.1, 0.15) is 11.6 Å². The third kappa shape index (κ3) is 4.17. The van der Waals surface area contributed by atoms with Crippen molar-refractivity contribution in [3.63, 3.8) is 0 Å². The SMILES string of the molecule is N#Cc1cc(-n2c3ccccc3c3ccc4c5ccccc5sc4c32)c(-c2c(F)cccc2F)c(-n2c3ccccc3c3ccc4c5ccccc5sc4c32)c1. The summed E-state index contributed by atoms with van der Waals surface area (Å²) in [5, 5.41) is 19.4. The quantitative estimate of drug-likeness (QED) is 0.177. The zero-order chi connectivity index (χ0) is 37.2. The van der Waals surface area contributed by atoms with Gasteiger partial charge in [0.15, 0.2) is 0 Å². The van der Waals surface area contributed by atoms with Crippen LogP contribution in [0.1, 0.15) is 5.56 Å². The molecule has 0 amide bonds. The zero-order valence-electron chi connectivity index (χ0n) is 29.3. The first-order chi connectivity index (χ1) is 27.6. The standard InChI is InChI=1S/C49H25F2N3S2/c50-36-14-9-15-37(51)44(36)45-40(53-38-16-5-1-10-28(38)32-20-22-34-30-12-3-7-18-42(30)55-48(34)46(32)53)24-27(26-52)25-41(45)54-39-17-6-2-11-29(39)33-21-23-35-31-13-4-8-19-43(31)56-49(35)47(33)54/h1-25H. The minimum atomic E-state index is -0.683. The Labute approximate surface area is 325 Å². The van der Waals surface area contributed by atoms with E-state index >= 15 is 8.78 Å². The molecule has 0 radical (unpaired) electrons. The molecule has 0 aliphatic rings. The maximum Gasteiger partial charge on any atom is 0.134 e. The number of para-hydroxylation sites is 2. The molecule has 0 aliphatic heterocycles. The van der Waals surface area contributed by atoms with Crippen LogP contribution in [-0.2, 0) is 0 Å². The lowest BCUT2D eigenvalue weighted by Crippen LogP contribution is -2.07. The summed E-state index contributed by atoms with van der Waals surface area (Å²) in [6.07, 6.45) is 0. The molecular formula is C49H25F2N3S2. The minimum absolute atomic E-state index is 0.147. The van der Waals surface area contributed by atoms with Gasteiger partial charge in [0.05, 0.1) is 60.0 Å². The van der Waals surface area contributed by atoms with Gasteiger partial charge in [-0.1, -0.05) is 103 Å². The van der Waals surface area contributed by atoms with Crippen LogP contribution in [0.25, 0.3) is 106 Å². The van der Waals surface area contributed by atoms with Crippen molar-refractivity contribution in [1.29, 1.82) is 5.26 Å². The molecular weight excluding hydrogens is 733 g/mol. The van der Waals surface area contributed by atoms with E-state index in [1.807, 2.05) is 36.4 Å². The summed E-state index contributed by atoms with van der Waals surface area (Å²) in [6.45, 7) is 0. The second kappa shape index (κ2) is 11.6. The summed E-state index contributed by atoms with van der Waals surface area (Å²) in [4.78, 5) is 0. The van der Waals surface area contributed by atoms with Crippen molar-refractivity contribution < 1.29 is 8.78 Å². The van der Waals surface area contributed by atoms with Crippen molar-refractivity contribution in [2.45, 2.75) is 0 Å². The largest absolute Gasteiger partial charge is 0.307 e. The van der Waals surface area contributed by atoms with Crippen LogP contribution in [-0.4, -0.2) is 9.13 Å². The lowest BCUT2D eigenvalue weighted by molar-refractivity contribution is 0.589. The first-order valence-corrected chi connectivity index (χ1v) is 19.9. The third-order valence-corrected chi connectivity index (χ3v) is 13.7. The Kier molecular flexibility index (Phi) is 6.51. The van der Waals surface area contributed by atoms with Crippen LogP contribution in [0.5, 0.6) is 0 Å². The lowest BCUT2D eigenvalue weighted by Gasteiger charge is -2.21. The van der Waals surface area contributed by atoms with E-state index in [0.717, 1.165) is 84.0 Å². The van der Waals surface area contributed by atoms with E-state index in [-0.39, 0.29) is 5.56 Å². The van der Waals surface area contributed by atoms with Crippen molar-refractivity contribution in [3.8, 4) is 28.6 Å². The van der Waals surface area contributed by atoms with E-state index in [9.17, 15) is 5.26 Å². The molecule has 0 bridgehead atoms. The number of hydrogen-bond donors (Lipinski definition) is 0. The zero-order valence-corrected chi connectivity index (χ0v) is 31.0. The monoisotopic (exact) mass is 757 g/mol. The second-order valence-corrected chi connectivity index (χ2v) is 16.3. The molecule has 12 aromatic rings. The van der Waals surface area contributed by atoms with Crippen molar-refractivity contribution in [3.05, 3.63) is 169 Å². The number of benzene rings is 8. The predicted octanol–water partition coefficient (Wildman–Crippen LogP) is 14.4. The maximum absolute atomic E-state index is 16.7. The van der Waals surface area contributed by atoms with Crippen molar-refractivity contribution >= 4 is 107 Å². The average Bonchev–Trinajstić information content (AvgIpc) is 3.98. The Morgan fingerprint density at radius 2 is 0.857 bits per heavy atom. The number of fused-ring (bicyclic) bond motifs is 14. The predicted molar refractivity (Wildman–Crippen MR) is 231 cm³/mol. The smallest absolute Gasteiger partial charge is 0.134 e. The Bertz CT molecular complexity index is 3480. The summed E-state index contributed by atoms with van der Waals surface area (Å²) in [5.41, 5.74) is 5.24. The molecule has 262 valence electrons. The Balaban J connectivity index is 1.34. The number of thiophene rings is 2. The van der Waals surface area contributed by atoms with Gasteiger partial charge in [-0.05, 0) is 48.5 Å². The molecule has 12 rings (SSSR count). The van der Waals surface area contributed by atoms with Crippen LogP contribution in [0.15, 0.2) is 152 Å². The minimum Gasteiger partial charge on any atom is -0.307 e. The van der Waals surface area contributed by atoms with E-state index < -0.39 is 11.6 Å². The summed E-state index contributed by atoms with van der Waals surface area (Å²) < 4.78 is 42.1. The highest BCUT2D eigenvalue weighted by atomic mass is 32.1. The average molecular weight is 758 g/mol. The molecule has 0 atom stereocenters. The van der Waals surface area contributed by atoms with Gasteiger partial charge in [0.25, 0.3) is 0 Å². The number of halogens is 2. The van der Waals surface area contributed by atoms with Gasteiger partial charge in [-0.25, -0.2) is 8.78 Å². The Hall–Kier alpha value is -6.85. The molecule has 0 unspecified atom stereocenters. The molecule has 0 N–H and O–H groups in total. The fourth-order valence-electron chi connectivity index (χ4n) is 8.98. The highest BCUT2D eigenvalue weighted by Crippen LogP contribution is 2.49. The van der Waals surface area contributed by atoms with E-state index in [0.29, 0.717) is 22.5 Å². The molecule has 0 spiro atoms. The molecule has 56 heavy (non-hydrogen) atoms. The van der Waals surface area contributed by atoms with Crippen LogP contribution in [0.2, 0.25) is 0 Å². The summed E-state index contributed by atoms with van der Waals surface area (Å²) >= 11 is 3.41. The Morgan fingerprint density at radius 3 is 1.34 bits per heavy atom. The first kappa shape index (κ1) is 31.5. The number of nitrogens with zero attached hydrogens (tertiary/aromatic N) is 3. The topological polar surface area (TPSA) is 33.6 Å². The van der Waals surface area contributed by atoms with Gasteiger partial charge in [-0.2, -0.15) is 5.26 Å². The van der Waals surface area contributed by atoms with Crippen LogP contribution in [0.4, 0.5) is 8.78 Å². The molecule has 4 heterocycles. The molecule has 0 saturated heterocycles. The van der Waals surface area contributed by atoms with Gasteiger partial charge in [0, 0.05) is 58.1 Å².